The number of nitrogens with one attached hydrogen (secondary N) is 1. The number of anilines is 2. The Kier molecular flexibility index (Phi) is 5.81. The number of aromatic nitrogens is 2. The predicted octanol–water partition coefficient (Wildman–Crippen LogP) is 4.77. The van der Waals surface area contributed by atoms with Crippen LogP contribution in [0.2, 0.25) is 30.7 Å². The van der Waals surface area contributed by atoms with Crippen LogP contribution in [0.25, 0.3) is 0 Å². The fourth-order valence-corrected chi connectivity index (χ4v) is 2.82. The molecule has 0 radical (unpaired) electrons. The van der Waals surface area contributed by atoms with Gasteiger partial charge in [-0.05, 0) is 30.7 Å². The number of nitriles is 1. The van der Waals surface area contributed by atoms with E-state index < -0.39 is 8.07 Å². The van der Waals surface area contributed by atoms with E-state index in [1.54, 1.807) is 0 Å². The SMILES string of the molecule is Cc1c(Cl)cccc1Nc1ncc(C#N)c(OCC[Si](C)(C)C)n1. The van der Waals surface area contributed by atoms with Crippen molar-refractivity contribution in [2.24, 2.45) is 0 Å². The standard InChI is InChI=1S/C17H21ClN4OSi/c1-12-14(18)6-5-7-15(12)21-17-20-11-13(10-19)16(22-17)23-8-9-24(2,3)4/h5-7,11H,8-9H2,1-4H3,(H,20,21,22). The normalized spacial score (nSPS) is 11.0. The van der Waals surface area contributed by atoms with Crippen molar-refractivity contribution in [1.29, 1.82) is 5.26 Å². The Morgan fingerprint density at radius 3 is 2.75 bits per heavy atom. The number of rotatable bonds is 6. The van der Waals surface area contributed by atoms with Crippen LogP contribution in [0.1, 0.15) is 11.1 Å². The Balaban J connectivity index is 2.19. The molecule has 1 N–H and O–H groups in total. The minimum atomic E-state index is -1.21. The molecule has 0 atom stereocenters. The van der Waals surface area contributed by atoms with Gasteiger partial charge in [-0.3, -0.25) is 0 Å². The third-order valence-corrected chi connectivity index (χ3v) is 5.59. The second-order valence-electron chi connectivity index (χ2n) is 6.72. The van der Waals surface area contributed by atoms with E-state index in [2.05, 4.69) is 41.0 Å². The van der Waals surface area contributed by atoms with Crippen molar-refractivity contribution in [2.45, 2.75) is 32.6 Å². The van der Waals surface area contributed by atoms with Crippen LogP contribution >= 0.6 is 11.6 Å². The third kappa shape index (κ3) is 4.95. The van der Waals surface area contributed by atoms with E-state index in [0.29, 0.717) is 29.0 Å². The van der Waals surface area contributed by atoms with Crippen molar-refractivity contribution < 1.29 is 4.74 Å². The van der Waals surface area contributed by atoms with E-state index in [-0.39, 0.29) is 0 Å². The average Bonchev–Trinajstić information content (AvgIpc) is 2.51. The molecule has 0 aliphatic heterocycles. The van der Waals surface area contributed by atoms with Gasteiger partial charge in [0.1, 0.15) is 11.6 Å². The molecule has 0 saturated carbocycles. The van der Waals surface area contributed by atoms with Crippen molar-refractivity contribution in [1.82, 2.24) is 9.97 Å². The van der Waals surface area contributed by atoms with E-state index in [9.17, 15) is 5.26 Å². The molecule has 126 valence electrons. The summed E-state index contributed by atoms with van der Waals surface area (Å²) in [4.78, 5) is 8.51. The van der Waals surface area contributed by atoms with Crippen LogP contribution in [0.5, 0.6) is 5.88 Å². The Morgan fingerprint density at radius 2 is 2.08 bits per heavy atom. The van der Waals surface area contributed by atoms with Gasteiger partial charge in [-0.15, -0.1) is 0 Å². The molecular weight excluding hydrogens is 340 g/mol. The van der Waals surface area contributed by atoms with Crippen LogP contribution in [-0.4, -0.2) is 24.6 Å². The van der Waals surface area contributed by atoms with Gasteiger partial charge >= 0.3 is 0 Å². The number of nitrogens with zero attached hydrogens (tertiary/aromatic N) is 3. The van der Waals surface area contributed by atoms with Gasteiger partial charge in [-0.2, -0.15) is 10.2 Å². The first-order valence-electron chi connectivity index (χ1n) is 7.72. The molecule has 0 fully saturated rings. The smallest absolute Gasteiger partial charge is 0.236 e. The maximum atomic E-state index is 9.20. The zero-order valence-electron chi connectivity index (χ0n) is 14.4. The fourth-order valence-electron chi connectivity index (χ4n) is 1.93. The highest BCUT2D eigenvalue weighted by molar-refractivity contribution is 6.76. The summed E-state index contributed by atoms with van der Waals surface area (Å²) < 4.78 is 5.73. The lowest BCUT2D eigenvalue weighted by molar-refractivity contribution is 0.324. The van der Waals surface area contributed by atoms with Crippen LogP contribution in [0, 0.1) is 18.3 Å². The molecule has 0 spiro atoms. The minimum Gasteiger partial charge on any atom is -0.477 e. The Morgan fingerprint density at radius 1 is 1.33 bits per heavy atom. The molecule has 0 unspecified atom stereocenters. The summed E-state index contributed by atoms with van der Waals surface area (Å²) in [6, 6.07) is 8.64. The number of hydrogen-bond donors (Lipinski definition) is 1. The van der Waals surface area contributed by atoms with Crippen LogP contribution in [0.4, 0.5) is 11.6 Å². The minimum absolute atomic E-state index is 0.313. The van der Waals surface area contributed by atoms with Crippen molar-refractivity contribution in [3.05, 3.63) is 40.5 Å². The molecule has 2 rings (SSSR count). The van der Waals surface area contributed by atoms with Gasteiger partial charge in [-0.1, -0.05) is 37.3 Å². The first kappa shape index (κ1) is 18.2. The quantitative estimate of drug-likeness (QED) is 0.751. The Labute approximate surface area is 148 Å². The molecular formula is C17H21ClN4OSi. The molecule has 2 aromatic rings. The van der Waals surface area contributed by atoms with Crippen molar-refractivity contribution >= 4 is 31.3 Å². The number of benzene rings is 1. The molecule has 7 heteroatoms. The molecule has 0 saturated heterocycles. The highest BCUT2D eigenvalue weighted by Gasteiger charge is 2.15. The second kappa shape index (κ2) is 7.64. The number of ether oxygens (including phenoxy) is 1. The molecule has 5 nitrogen and oxygen atoms in total. The van der Waals surface area contributed by atoms with Gasteiger partial charge in [0, 0.05) is 18.8 Å². The topological polar surface area (TPSA) is 70.8 Å². The van der Waals surface area contributed by atoms with E-state index in [1.807, 2.05) is 25.1 Å². The van der Waals surface area contributed by atoms with Gasteiger partial charge in [0.15, 0.2) is 0 Å². The van der Waals surface area contributed by atoms with Crippen LogP contribution in [0.3, 0.4) is 0 Å². The Hall–Kier alpha value is -2.10. The summed E-state index contributed by atoms with van der Waals surface area (Å²) in [6.45, 7) is 9.29. The maximum absolute atomic E-state index is 9.20. The second-order valence-corrected chi connectivity index (χ2v) is 12.7. The third-order valence-electron chi connectivity index (χ3n) is 3.48. The Bertz CT molecular complexity index is 768. The molecule has 24 heavy (non-hydrogen) atoms. The van der Waals surface area contributed by atoms with Crippen LogP contribution < -0.4 is 10.1 Å². The summed E-state index contributed by atoms with van der Waals surface area (Å²) in [5, 5.41) is 13.0. The lowest BCUT2D eigenvalue weighted by Crippen LogP contribution is -2.22. The van der Waals surface area contributed by atoms with Crippen LogP contribution in [-0.2, 0) is 0 Å². The van der Waals surface area contributed by atoms with E-state index >= 15 is 0 Å². The highest BCUT2D eigenvalue weighted by atomic mass is 35.5. The predicted molar refractivity (Wildman–Crippen MR) is 99.9 cm³/mol. The monoisotopic (exact) mass is 360 g/mol. The molecule has 1 aromatic heterocycles. The fraction of sp³-hybridized carbons (Fsp3) is 0.353. The summed E-state index contributed by atoms with van der Waals surface area (Å²) in [5.41, 5.74) is 2.06. The van der Waals surface area contributed by atoms with Gasteiger partial charge in [0.25, 0.3) is 0 Å². The molecule has 0 aliphatic carbocycles. The van der Waals surface area contributed by atoms with Crippen LogP contribution in [0.15, 0.2) is 24.4 Å². The molecule has 0 bridgehead atoms. The summed E-state index contributed by atoms with van der Waals surface area (Å²) in [5.74, 6) is 0.690. The maximum Gasteiger partial charge on any atom is 0.236 e. The summed E-state index contributed by atoms with van der Waals surface area (Å²) >= 11 is 6.13. The first-order valence-corrected chi connectivity index (χ1v) is 11.8. The molecule has 0 aliphatic rings. The number of halogens is 1. The largest absolute Gasteiger partial charge is 0.477 e. The summed E-state index contributed by atoms with van der Waals surface area (Å²) in [7, 11) is -1.21. The van der Waals surface area contributed by atoms with Gasteiger partial charge in [0.05, 0.1) is 12.8 Å². The summed E-state index contributed by atoms with van der Waals surface area (Å²) in [6.07, 6.45) is 1.47. The number of hydrogen-bond acceptors (Lipinski definition) is 5. The van der Waals surface area contributed by atoms with E-state index in [4.69, 9.17) is 16.3 Å². The van der Waals surface area contributed by atoms with Gasteiger partial charge < -0.3 is 10.1 Å². The van der Waals surface area contributed by atoms with Crippen molar-refractivity contribution in [2.75, 3.05) is 11.9 Å². The van der Waals surface area contributed by atoms with Crippen molar-refractivity contribution in [3.8, 4) is 11.9 Å². The average molecular weight is 361 g/mol. The zero-order chi connectivity index (χ0) is 17.7. The molecule has 0 amide bonds. The van der Waals surface area contributed by atoms with E-state index in [0.717, 1.165) is 17.3 Å². The zero-order valence-corrected chi connectivity index (χ0v) is 16.1. The lowest BCUT2D eigenvalue weighted by Gasteiger charge is -2.16. The molecule has 1 heterocycles. The first-order chi connectivity index (χ1) is 11.3. The van der Waals surface area contributed by atoms with Crippen molar-refractivity contribution in [3.63, 3.8) is 0 Å². The van der Waals surface area contributed by atoms with Gasteiger partial charge in [0.2, 0.25) is 11.8 Å². The molecule has 1 aromatic carbocycles. The van der Waals surface area contributed by atoms with E-state index in [1.165, 1.54) is 6.20 Å². The van der Waals surface area contributed by atoms with Gasteiger partial charge in [-0.25, -0.2) is 4.98 Å². The highest BCUT2D eigenvalue weighted by Crippen LogP contribution is 2.26. The lowest BCUT2D eigenvalue weighted by atomic mass is 10.2.